The van der Waals surface area contributed by atoms with Gasteiger partial charge in [-0.05, 0) is 74.0 Å². The smallest absolute Gasteiger partial charge is 0.343 e. The van der Waals surface area contributed by atoms with E-state index < -0.39 is 5.97 Å². The zero-order valence-electron chi connectivity index (χ0n) is 17.8. The van der Waals surface area contributed by atoms with E-state index in [-0.39, 0.29) is 11.5 Å². The lowest BCUT2D eigenvalue weighted by Crippen LogP contribution is -2.21. The van der Waals surface area contributed by atoms with Crippen LogP contribution in [0.1, 0.15) is 40.1 Å². The van der Waals surface area contributed by atoms with Crippen LogP contribution in [0.15, 0.2) is 77.0 Å². The van der Waals surface area contributed by atoms with E-state index in [2.05, 4.69) is 34.7 Å². The molecule has 4 rings (SSSR count). The van der Waals surface area contributed by atoms with E-state index in [4.69, 9.17) is 9.47 Å². The maximum atomic E-state index is 12.7. The summed E-state index contributed by atoms with van der Waals surface area (Å²) in [5.74, 6) is 0.257. The molecule has 0 fully saturated rings. The molecule has 0 aromatic heterocycles. The molecule has 1 aliphatic rings. The van der Waals surface area contributed by atoms with E-state index in [9.17, 15) is 9.59 Å². The van der Waals surface area contributed by atoms with Crippen molar-refractivity contribution in [2.45, 2.75) is 13.8 Å². The largest absolute Gasteiger partial charge is 0.452 e. The van der Waals surface area contributed by atoms with Gasteiger partial charge in [0, 0.05) is 29.3 Å². The van der Waals surface area contributed by atoms with Gasteiger partial charge >= 0.3 is 5.97 Å². The van der Waals surface area contributed by atoms with Crippen molar-refractivity contribution in [1.29, 1.82) is 0 Å². The molecule has 0 spiro atoms. The minimum Gasteiger partial charge on any atom is -0.452 e. The first kappa shape index (κ1) is 21.8. The zero-order chi connectivity index (χ0) is 22.7. The van der Waals surface area contributed by atoms with Crippen LogP contribution in [0.3, 0.4) is 0 Å². The first-order valence-corrected chi connectivity index (χ1v) is 11.2. The van der Waals surface area contributed by atoms with Crippen molar-refractivity contribution in [3.8, 4) is 11.5 Å². The van der Waals surface area contributed by atoms with Gasteiger partial charge in [0.1, 0.15) is 11.5 Å². The van der Waals surface area contributed by atoms with Crippen molar-refractivity contribution in [1.82, 2.24) is 0 Å². The number of nitrogens with zero attached hydrogens (tertiary/aromatic N) is 1. The first-order valence-electron chi connectivity index (χ1n) is 10.4. The number of hydrogen-bond acceptors (Lipinski definition) is 5. The SMILES string of the molecule is CCN(CC)c1ccc(/C=C2\Oc3cc(OC(=O)c4ccc(Br)cc4)ccc3C2=O)cc1. The number of carbonyl (C=O) groups is 2. The van der Waals surface area contributed by atoms with Crippen molar-refractivity contribution >= 4 is 39.4 Å². The van der Waals surface area contributed by atoms with Crippen LogP contribution in [-0.4, -0.2) is 24.8 Å². The second kappa shape index (κ2) is 9.40. The Balaban J connectivity index is 1.50. The van der Waals surface area contributed by atoms with Gasteiger partial charge in [0.25, 0.3) is 0 Å². The van der Waals surface area contributed by atoms with Crippen molar-refractivity contribution < 1.29 is 19.1 Å². The maximum Gasteiger partial charge on any atom is 0.343 e. The second-order valence-corrected chi connectivity index (χ2v) is 8.17. The number of allylic oxidation sites excluding steroid dienone is 1. The van der Waals surface area contributed by atoms with Gasteiger partial charge in [0.05, 0.1) is 11.1 Å². The molecule has 1 heterocycles. The van der Waals surface area contributed by atoms with Crippen LogP contribution >= 0.6 is 15.9 Å². The minimum absolute atomic E-state index is 0.196. The van der Waals surface area contributed by atoms with Gasteiger partial charge < -0.3 is 14.4 Å². The van der Waals surface area contributed by atoms with Crippen molar-refractivity contribution in [3.05, 3.63) is 93.7 Å². The molecule has 0 radical (unpaired) electrons. The van der Waals surface area contributed by atoms with E-state index in [1.807, 2.05) is 24.3 Å². The van der Waals surface area contributed by atoms with Gasteiger partial charge in [-0.2, -0.15) is 0 Å². The van der Waals surface area contributed by atoms with Gasteiger partial charge in [-0.25, -0.2) is 4.79 Å². The average Bonchev–Trinajstić information content (AvgIpc) is 3.10. The van der Waals surface area contributed by atoms with Crippen LogP contribution in [-0.2, 0) is 0 Å². The van der Waals surface area contributed by atoms with Crippen LogP contribution in [0.4, 0.5) is 5.69 Å². The van der Waals surface area contributed by atoms with Crippen molar-refractivity contribution in [3.63, 3.8) is 0 Å². The Morgan fingerprint density at radius 2 is 1.69 bits per heavy atom. The van der Waals surface area contributed by atoms with Crippen LogP contribution in [0, 0.1) is 0 Å². The highest BCUT2D eigenvalue weighted by Crippen LogP contribution is 2.35. The number of esters is 1. The summed E-state index contributed by atoms with van der Waals surface area (Å²) in [4.78, 5) is 27.3. The number of ketones is 1. The summed E-state index contributed by atoms with van der Waals surface area (Å²) in [6, 6.07) is 19.7. The molecule has 0 saturated carbocycles. The van der Waals surface area contributed by atoms with Gasteiger partial charge in [-0.3, -0.25) is 4.79 Å². The molecule has 3 aromatic carbocycles. The molecule has 1 aliphatic heterocycles. The van der Waals surface area contributed by atoms with Crippen molar-refractivity contribution in [2.24, 2.45) is 0 Å². The highest BCUT2D eigenvalue weighted by molar-refractivity contribution is 9.10. The lowest BCUT2D eigenvalue weighted by molar-refractivity contribution is 0.0734. The summed E-state index contributed by atoms with van der Waals surface area (Å²) < 4.78 is 12.1. The second-order valence-electron chi connectivity index (χ2n) is 7.26. The van der Waals surface area contributed by atoms with E-state index in [0.717, 1.165) is 28.8 Å². The fourth-order valence-electron chi connectivity index (χ4n) is 3.50. The fourth-order valence-corrected chi connectivity index (χ4v) is 3.77. The Morgan fingerprint density at radius 1 is 1.00 bits per heavy atom. The number of Topliss-reactive ketones (excluding diaryl/α,β-unsaturated/α-hetero) is 1. The van der Waals surface area contributed by atoms with E-state index in [0.29, 0.717) is 22.6 Å². The third kappa shape index (κ3) is 4.60. The number of benzene rings is 3. The molecule has 0 bridgehead atoms. The van der Waals surface area contributed by atoms with Crippen LogP contribution in [0.2, 0.25) is 0 Å². The summed E-state index contributed by atoms with van der Waals surface area (Å²) in [5.41, 5.74) is 2.88. The quantitative estimate of drug-likeness (QED) is 0.235. The normalized spacial score (nSPS) is 13.6. The summed E-state index contributed by atoms with van der Waals surface area (Å²) in [7, 11) is 0. The number of rotatable bonds is 6. The van der Waals surface area contributed by atoms with Gasteiger partial charge in [-0.15, -0.1) is 0 Å². The molecule has 0 aliphatic carbocycles. The molecular weight excluding hydrogens is 470 g/mol. The molecular formula is C26H22BrNO4. The number of hydrogen-bond donors (Lipinski definition) is 0. The fraction of sp³-hybridized carbons (Fsp3) is 0.154. The minimum atomic E-state index is -0.481. The topological polar surface area (TPSA) is 55.8 Å². The van der Waals surface area contributed by atoms with Crippen LogP contribution < -0.4 is 14.4 Å². The van der Waals surface area contributed by atoms with Crippen LogP contribution in [0.25, 0.3) is 6.08 Å². The lowest BCUT2D eigenvalue weighted by atomic mass is 10.1. The number of fused-ring (bicyclic) bond motifs is 1. The third-order valence-corrected chi connectivity index (χ3v) is 5.78. The van der Waals surface area contributed by atoms with Crippen LogP contribution in [0.5, 0.6) is 11.5 Å². The lowest BCUT2D eigenvalue weighted by Gasteiger charge is -2.20. The summed E-state index contributed by atoms with van der Waals surface area (Å²) in [5, 5.41) is 0. The number of ether oxygens (including phenoxy) is 2. The Morgan fingerprint density at radius 3 is 2.34 bits per heavy atom. The predicted molar refractivity (Wildman–Crippen MR) is 128 cm³/mol. The molecule has 0 unspecified atom stereocenters. The molecule has 0 N–H and O–H groups in total. The van der Waals surface area contributed by atoms with Crippen molar-refractivity contribution in [2.75, 3.05) is 18.0 Å². The molecule has 162 valence electrons. The molecule has 0 amide bonds. The summed E-state index contributed by atoms with van der Waals surface area (Å²) in [6.45, 7) is 6.10. The predicted octanol–water partition coefficient (Wildman–Crippen LogP) is 6.13. The maximum absolute atomic E-state index is 12.7. The first-order chi connectivity index (χ1) is 15.5. The summed E-state index contributed by atoms with van der Waals surface area (Å²) >= 11 is 3.34. The Bertz CT molecular complexity index is 1180. The molecule has 0 saturated heterocycles. The number of carbonyl (C=O) groups excluding carboxylic acids is 2. The molecule has 6 heteroatoms. The molecule has 5 nitrogen and oxygen atoms in total. The average molecular weight is 492 g/mol. The van der Waals surface area contributed by atoms with E-state index in [1.165, 1.54) is 0 Å². The third-order valence-electron chi connectivity index (χ3n) is 5.25. The number of anilines is 1. The van der Waals surface area contributed by atoms with Gasteiger partial charge in [0.15, 0.2) is 5.76 Å². The molecule has 32 heavy (non-hydrogen) atoms. The molecule has 3 aromatic rings. The Kier molecular flexibility index (Phi) is 6.42. The standard InChI is InChI=1S/C26H22BrNO4/c1-3-28(4-2)20-11-5-17(6-12-20)15-24-25(29)22-14-13-21(16-23(22)32-24)31-26(30)18-7-9-19(27)10-8-18/h5-16H,3-4H2,1-2H3/b24-15-. The Labute approximate surface area is 195 Å². The number of halogens is 1. The monoisotopic (exact) mass is 491 g/mol. The highest BCUT2D eigenvalue weighted by Gasteiger charge is 2.28. The summed E-state index contributed by atoms with van der Waals surface area (Å²) in [6.07, 6.45) is 1.72. The highest BCUT2D eigenvalue weighted by atomic mass is 79.9. The van der Waals surface area contributed by atoms with Gasteiger partial charge in [0.2, 0.25) is 5.78 Å². The molecule has 0 atom stereocenters. The van der Waals surface area contributed by atoms with E-state index >= 15 is 0 Å². The van der Waals surface area contributed by atoms with E-state index in [1.54, 1.807) is 48.5 Å². The Hall–Kier alpha value is -3.38. The van der Waals surface area contributed by atoms with Gasteiger partial charge in [-0.1, -0.05) is 28.1 Å². The zero-order valence-corrected chi connectivity index (χ0v) is 19.4.